The number of aryl methyl sites for hydroxylation is 1. The van der Waals surface area contributed by atoms with Gasteiger partial charge in [-0.2, -0.15) is 0 Å². The second-order valence-electron chi connectivity index (χ2n) is 4.84. The van der Waals surface area contributed by atoms with Crippen LogP contribution < -0.4 is 4.74 Å². The number of ether oxygens (including phenoxy) is 1. The van der Waals surface area contributed by atoms with Crippen molar-refractivity contribution in [1.82, 2.24) is 0 Å². The maximum absolute atomic E-state index is 10.2. The number of halogens is 1. The number of hydrogen-bond acceptors (Lipinski definition) is 2. The Labute approximate surface area is 125 Å². The molecule has 106 valence electrons. The molecule has 0 aliphatic heterocycles. The largest absolute Gasteiger partial charge is 0.496 e. The van der Waals surface area contributed by atoms with Gasteiger partial charge in [-0.15, -0.1) is 0 Å². The van der Waals surface area contributed by atoms with Gasteiger partial charge in [-0.05, 0) is 42.2 Å². The summed E-state index contributed by atoms with van der Waals surface area (Å²) in [7, 11) is 1.63. The lowest BCUT2D eigenvalue weighted by Crippen LogP contribution is -2.12. The van der Waals surface area contributed by atoms with Crippen molar-refractivity contribution in [3.8, 4) is 5.75 Å². The van der Waals surface area contributed by atoms with E-state index >= 15 is 0 Å². The number of aliphatic hydroxyl groups is 1. The smallest absolute Gasteiger partial charge is 0.122 e. The van der Waals surface area contributed by atoms with E-state index in [2.05, 4.69) is 12.1 Å². The lowest BCUT2D eigenvalue weighted by atomic mass is 10.0. The van der Waals surface area contributed by atoms with Crippen LogP contribution >= 0.6 is 11.6 Å². The minimum absolute atomic E-state index is 0.400. The Bertz CT molecular complexity index is 540. The first-order valence-electron chi connectivity index (χ1n) is 6.73. The summed E-state index contributed by atoms with van der Waals surface area (Å²) in [4.78, 5) is 0. The van der Waals surface area contributed by atoms with Crippen LogP contribution in [0.2, 0.25) is 5.02 Å². The Balaban J connectivity index is 1.94. The van der Waals surface area contributed by atoms with E-state index in [1.54, 1.807) is 13.2 Å². The van der Waals surface area contributed by atoms with Crippen LogP contribution in [-0.2, 0) is 12.8 Å². The van der Waals surface area contributed by atoms with Crippen molar-refractivity contribution in [2.45, 2.75) is 25.4 Å². The van der Waals surface area contributed by atoms with Gasteiger partial charge in [-0.3, -0.25) is 0 Å². The van der Waals surface area contributed by atoms with Crippen molar-refractivity contribution in [2.24, 2.45) is 0 Å². The summed E-state index contributed by atoms with van der Waals surface area (Å²) in [6, 6.07) is 15.7. The molecule has 0 fully saturated rings. The number of benzene rings is 2. The van der Waals surface area contributed by atoms with Crippen LogP contribution in [0.5, 0.6) is 5.75 Å². The molecule has 0 radical (unpaired) electrons. The highest BCUT2D eigenvalue weighted by Crippen LogP contribution is 2.24. The summed E-state index contributed by atoms with van der Waals surface area (Å²) in [5.41, 5.74) is 2.19. The Kier molecular flexibility index (Phi) is 5.45. The normalized spacial score (nSPS) is 12.2. The number of rotatable bonds is 6. The SMILES string of the molecule is COc1ccc(Cl)cc1CC(O)CCc1ccccc1. The van der Waals surface area contributed by atoms with Crippen molar-refractivity contribution < 1.29 is 9.84 Å². The second kappa shape index (κ2) is 7.32. The van der Waals surface area contributed by atoms with Crippen LogP contribution in [0.4, 0.5) is 0 Å². The minimum Gasteiger partial charge on any atom is -0.496 e. The van der Waals surface area contributed by atoms with Crippen LogP contribution in [-0.4, -0.2) is 18.3 Å². The fraction of sp³-hybridized carbons (Fsp3) is 0.294. The zero-order valence-corrected chi connectivity index (χ0v) is 12.3. The second-order valence-corrected chi connectivity index (χ2v) is 5.27. The molecule has 2 aromatic rings. The zero-order valence-electron chi connectivity index (χ0n) is 11.6. The van der Waals surface area contributed by atoms with Gasteiger partial charge >= 0.3 is 0 Å². The summed E-state index contributed by atoms with van der Waals surface area (Å²) in [5, 5.41) is 10.8. The van der Waals surface area contributed by atoms with E-state index in [0.29, 0.717) is 11.4 Å². The highest BCUT2D eigenvalue weighted by molar-refractivity contribution is 6.30. The first-order chi connectivity index (χ1) is 9.69. The van der Waals surface area contributed by atoms with E-state index < -0.39 is 6.10 Å². The van der Waals surface area contributed by atoms with E-state index in [4.69, 9.17) is 16.3 Å². The first-order valence-corrected chi connectivity index (χ1v) is 7.11. The summed E-state index contributed by atoms with van der Waals surface area (Å²) >= 11 is 5.99. The lowest BCUT2D eigenvalue weighted by molar-refractivity contribution is 0.164. The average molecular weight is 291 g/mol. The van der Waals surface area contributed by atoms with Gasteiger partial charge in [0.25, 0.3) is 0 Å². The summed E-state index contributed by atoms with van der Waals surface area (Å²) in [6.45, 7) is 0. The fourth-order valence-electron chi connectivity index (χ4n) is 2.24. The lowest BCUT2D eigenvalue weighted by Gasteiger charge is -2.14. The zero-order chi connectivity index (χ0) is 14.4. The fourth-order valence-corrected chi connectivity index (χ4v) is 2.44. The highest BCUT2D eigenvalue weighted by Gasteiger charge is 2.11. The molecular weight excluding hydrogens is 272 g/mol. The summed E-state index contributed by atoms with van der Waals surface area (Å²) in [5.74, 6) is 0.771. The van der Waals surface area contributed by atoms with Gasteiger partial charge in [0, 0.05) is 11.4 Å². The maximum Gasteiger partial charge on any atom is 0.122 e. The van der Waals surface area contributed by atoms with Crippen molar-refractivity contribution in [2.75, 3.05) is 7.11 Å². The van der Waals surface area contributed by atoms with E-state index in [0.717, 1.165) is 24.2 Å². The van der Waals surface area contributed by atoms with Crippen molar-refractivity contribution in [3.05, 3.63) is 64.7 Å². The molecule has 1 atom stereocenters. The van der Waals surface area contributed by atoms with Gasteiger partial charge in [0.1, 0.15) is 5.75 Å². The molecule has 1 unspecified atom stereocenters. The molecule has 0 heterocycles. The van der Waals surface area contributed by atoms with Crippen molar-refractivity contribution in [1.29, 1.82) is 0 Å². The van der Waals surface area contributed by atoms with Crippen LogP contribution in [0.15, 0.2) is 48.5 Å². The van der Waals surface area contributed by atoms with E-state index in [9.17, 15) is 5.11 Å². The van der Waals surface area contributed by atoms with Crippen LogP contribution in [0.3, 0.4) is 0 Å². The molecule has 20 heavy (non-hydrogen) atoms. The molecule has 0 aliphatic rings. The Morgan fingerprint density at radius 2 is 1.90 bits per heavy atom. The number of methoxy groups -OCH3 is 1. The molecule has 0 aliphatic carbocycles. The molecule has 1 N–H and O–H groups in total. The Hall–Kier alpha value is -1.51. The van der Waals surface area contributed by atoms with Crippen LogP contribution in [0.25, 0.3) is 0 Å². The van der Waals surface area contributed by atoms with Gasteiger partial charge < -0.3 is 9.84 Å². The van der Waals surface area contributed by atoms with E-state index in [1.165, 1.54) is 5.56 Å². The predicted molar refractivity (Wildman–Crippen MR) is 82.5 cm³/mol. The van der Waals surface area contributed by atoms with Gasteiger partial charge in [0.2, 0.25) is 0 Å². The monoisotopic (exact) mass is 290 g/mol. The average Bonchev–Trinajstić information content (AvgIpc) is 2.46. The third kappa shape index (κ3) is 4.26. The molecule has 2 nitrogen and oxygen atoms in total. The van der Waals surface area contributed by atoms with Crippen molar-refractivity contribution in [3.63, 3.8) is 0 Å². The van der Waals surface area contributed by atoms with E-state index in [1.807, 2.05) is 30.3 Å². The maximum atomic E-state index is 10.2. The van der Waals surface area contributed by atoms with Gasteiger partial charge in [0.15, 0.2) is 0 Å². The summed E-state index contributed by atoms with van der Waals surface area (Å²) in [6.07, 6.45) is 1.74. The minimum atomic E-state index is -0.400. The van der Waals surface area contributed by atoms with Gasteiger partial charge in [-0.1, -0.05) is 41.9 Å². The standard InChI is InChI=1S/C17H19ClO2/c1-20-17-10-8-15(18)11-14(17)12-16(19)9-7-13-5-3-2-4-6-13/h2-6,8,10-11,16,19H,7,9,12H2,1H3. The molecular formula is C17H19ClO2. The molecule has 2 rings (SSSR count). The summed E-state index contributed by atoms with van der Waals surface area (Å²) < 4.78 is 5.29. The molecule has 2 aromatic carbocycles. The van der Waals surface area contributed by atoms with Gasteiger partial charge in [0.05, 0.1) is 13.2 Å². The molecule has 0 saturated heterocycles. The molecule has 0 amide bonds. The molecule has 0 saturated carbocycles. The number of hydrogen-bond donors (Lipinski definition) is 1. The van der Waals surface area contributed by atoms with Crippen LogP contribution in [0, 0.1) is 0 Å². The molecule has 0 bridgehead atoms. The van der Waals surface area contributed by atoms with Crippen molar-refractivity contribution >= 4 is 11.6 Å². The number of aliphatic hydroxyl groups excluding tert-OH is 1. The topological polar surface area (TPSA) is 29.5 Å². The highest BCUT2D eigenvalue weighted by atomic mass is 35.5. The van der Waals surface area contributed by atoms with Crippen LogP contribution in [0.1, 0.15) is 17.5 Å². The van der Waals surface area contributed by atoms with E-state index in [-0.39, 0.29) is 0 Å². The Morgan fingerprint density at radius 3 is 2.60 bits per heavy atom. The molecule has 0 aromatic heterocycles. The first kappa shape index (κ1) is 14.9. The third-order valence-electron chi connectivity index (χ3n) is 3.31. The van der Waals surface area contributed by atoms with Gasteiger partial charge in [-0.25, -0.2) is 0 Å². The third-order valence-corrected chi connectivity index (χ3v) is 3.54. The Morgan fingerprint density at radius 1 is 1.15 bits per heavy atom. The quantitative estimate of drug-likeness (QED) is 0.875. The molecule has 3 heteroatoms. The molecule has 0 spiro atoms. The predicted octanol–water partition coefficient (Wildman–Crippen LogP) is 3.88.